The zero-order chi connectivity index (χ0) is 25.4. The van der Waals surface area contributed by atoms with Crippen LogP contribution < -0.4 is 10.6 Å². The second-order valence-corrected chi connectivity index (χ2v) is 11.4. The van der Waals surface area contributed by atoms with Crippen molar-refractivity contribution in [2.24, 2.45) is 0 Å². The minimum atomic E-state index is -0.560. The third kappa shape index (κ3) is 5.19. The van der Waals surface area contributed by atoms with Crippen LogP contribution in [0.2, 0.25) is 0 Å². The smallest absolute Gasteiger partial charge is 0.255 e. The molecule has 0 saturated carbocycles. The number of hydrogen-bond donors (Lipinski definition) is 2. The van der Waals surface area contributed by atoms with Crippen molar-refractivity contribution in [3.8, 4) is 0 Å². The van der Waals surface area contributed by atoms with Crippen molar-refractivity contribution in [1.29, 1.82) is 0 Å². The van der Waals surface area contributed by atoms with Gasteiger partial charge in [0.2, 0.25) is 11.8 Å². The first-order chi connectivity index (χ1) is 18.1. The predicted molar refractivity (Wildman–Crippen MR) is 140 cm³/mol. The maximum atomic E-state index is 13.4. The number of carbonyl (C=O) groups excluding carboxylic acids is 3. The average Bonchev–Trinajstić information content (AvgIpc) is 3.26. The third-order valence-corrected chi connectivity index (χ3v) is 9.28. The lowest BCUT2D eigenvalue weighted by Gasteiger charge is -2.45. The summed E-state index contributed by atoms with van der Waals surface area (Å²) in [5.74, 6) is -0.673. The quantitative estimate of drug-likeness (QED) is 0.569. The third-order valence-electron chi connectivity index (χ3n) is 9.28. The van der Waals surface area contributed by atoms with Crippen LogP contribution in [-0.2, 0) is 22.7 Å². The Morgan fingerprint density at radius 2 is 1.51 bits per heavy atom. The van der Waals surface area contributed by atoms with Gasteiger partial charge in [-0.2, -0.15) is 0 Å². The maximum Gasteiger partial charge on any atom is 0.255 e. The van der Waals surface area contributed by atoms with Crippen LogP contribution in [0.25, 0.3) is 0 Å². The summed E-state index contributed by atoms with van der Waals surface area (Å²) < 4.78 is 0. The molecule has 1 unspecified atom stereocenters. The number of carbonyl (C=O) groups is 3. The number of hydrogen-bond acceptors (Lipinski definition) is 7. The van der Waals surface area contributed by atoms with Crippen LogP contribution in [0.15, 0.2) is 18.2 Å². The summed E-state index contributed by atoms with van der Waals surface area (Å²) in [6, 6.07) is 7.01. The lowest BCUT2D eigenvalue weighted by Crippen LogP contribution is -2.54. The molecule has 1 aromatic carbocycles. The molecule has 6 rings (SSSR count). The Morgan fingerprint density at radius 1 is 0.811 bits per heavy atom. The van der Waals surface area contributed by atoms with Gasteiger partial charge >= 0.3 is 0 Å². The van der Waals surface area contributed by atoms with Gasteiger partial charge in [0.05, 0.1) is 0 Å². The minimum absolute atomic E-state index is 0.0701. The van der Waals surface area contributed by atoms with E-state index >= 15 is 0 Å². The van der Waals surface area contributed by atoms with Crippen molar-refractivity contribution in [2.75, 3.05) is 52.4 Å². The molecule has 5 aliphatic heterocycles. The largest absolute Gasteiger partial charge is 0.322 e. The van der Waals surface area contributed by atoms with Crippen molar-refractivity contribution >= 4 is 17.7 Å². The van der Waals surface area contributed by atoms with E-state index in [0.29, 0.717) is 19.0 Å². The van der Waals surface area contributed by atoms with Crippen molar-refractivity contribution < 1.29 is 14.4 Å². The van der Waals surface area contributed by atoms with Crippen molar-refractivity contribution in [2.45, 2.75) is 69.7 Å². The Labute approximate surface area is 219 Å². The molecule has 4 fully saturated rings. The number of nitrogens with one attached hydrogen (secondary N) is 2. The molecule has 0 radical (unpaired) electrons. The van der Waals surface area contributed by atoms with E-state index in [2.05, 4.69) is 31.4 Å². The Balaban J connectivity index is 1.02. The molecule has 0 aliphatic carbocycles. The van der Waals surface area contributed by atoms with Gasteiger partial charge in [-0.3, -0.25) is 29.5 Å². The summed E-state index contributed by atoms with van der Waals surface area (Å²) in [5.41, 5.74) is 2.81. The van der Waals surface area contributed by atoms with E-state index in [-0.39, 0.29) is 24.1 Å². The highest BCUT2D eigenvalue weighted by Gasteiger charge is 2.40. The SMILES string of the molecule is O=C1CCC(N2Cc3cccc(CN4CCN(C5CCN(C6CCNCC6)CC5)CC4)c3C2=O)C(=O)N1. The predicted octanol–water partition coefficient (Wildman–Crippen LogP) is 0.782. The highest BCUT2D eigenvalue weighted by atomic mass is 16.2. The van der Waals surface area contributed by atoms with Crippen molar-refractivity contribution in [3.63, 3.8) is 0 Å². The highest BCUT2D eigenvalue weighted by molar-refractivity contribution is 6.06. The second kappa shape index (κ2) is 10.8. The highest BCUT2D eigenvalue weighted by Crippen LogP contribution is 2.31. The van der Waals surface area contributed by atoms with Crippen LogP contribution in [0.1, 0.15) is 60.0 Å². The molecule has 3 amide bonds. The van der Waals surface area contributed by atoms with Crippen LogP contribution in [0.4, 0.5) is 0 Å². The maximum absolute atomic E-state index is 13.4. The number of piperazine rings is 1. The van der Waals surface area contributed by atoms with Gasteiger partial charge in [0.1, 0.15) is 6.04 Å². The number of imide groups is 1. The van der Waals surface area contributed by atoms with E-state index in [1.807, 2.05) is 12.1 Å². The van der Waals surface area contributed by atoms with Gasteiger partial charge in [-0.05, 0) is 69.4 Å². The fraction of sp³-hybridized carbons (Fsp3) is 0.679. The first-order valence-electron chi connectivity index (χ1n) is 14.2. The van der Waals surface area contributed by atoms with Gasteiger partial charge < -0.3 is 15.1 Å². The van der Waals surface area contributed by atoms with Crippen LogP contribution >= 0.6 is 0 Å². The molecular formula is C28H40N6O3. The Bertz CT molecular complexity index is 1020. The number of nitrogens with zero attached hydrogens (tertiary/aromatic N) is 4. The molecule has 1 atom stereocenters. The summed E-state index contributed by atoms with van der Waals surface area (Å²) in [4.78, 5) is 46.9. The van der Waals surface area contributed by atoms with Gasteiger partial charge in [-0.1, -0.05) is 18.2 Å². The van der Waals surface area contributed by atoms with E-state index < -0.39 is 6.04 Å². The summed E-state index contributed by atoms with van der Waals surface area (Å²) in [5, 5.41) is 5.88. The molecule has 200 valence electrons. The number of likely N-dealkylation sites (tertiary alicyclic amines) is 1. The number of piperidine rings is 3. The van der Waals surface area contributed by atoms with Gasteiger partial charge in [0.15, 0.2) is 0 Å². The molecule has 5 heterocycles. The van der Waals surface area contributed by atoms with E-state index in [1.165, 1.54) is 38.8 Å². The van der Waals surface area contributed by atoms with Crippen LogP contribution in [-0.4, -0.2) is 108 Å². The van der Waals surface area contributed by atoms with E-state index in [0.717, 1.165) is 68.5 Å². The standard InChI is InChI=1S/C28H40N6O3/c35-25-5-4-24(27(36)30-25)34-19-21-3-1-2-20(26(21)28(34)37)18-31-14-16-33(17-15-31)23-8-12-32(13-9-23)22-6-10-29-11-7-22/h1-3,22-24,29H,4-19H2,(H,30,35,36). The normalized spacial score (nSPS) is 27.5. The molecule has 9 nitrogen and oxygen atoms in total. The van der Waals surface area contributed by atoms with Gasteiger partial charge in [0.25, 0.3) is 5.91 Å². The van der Waals surface area contributed by atoms with Gasteiger partial charge in [-0.15, -0.1) is 0 Å². The van der Waals surface area contributed by atoms with Crippen LogP contribution in [0, 0.1) is 0 Å². The molecule has 0 aromatic heterocycles. The summed E-state index contributed by atoms with van der Waals surface area (Å²) >= 11 is 0. The fourth-order valence-electron chi connectivity index (χ4n) is 7.14. The number of benzene rings is 1. The molecule has 4 saturated heterocycles. The molecule has 1 aromatic rings. The van der Waals surface area contributed by atoms with E-state index in [4.69, 9.17) is 0 Å². The van der Waals surface area contributed by atoms with Crippen LogP contribution in [0.5, 0.6) is 0 Å². The monoisotopic (exact) mass is 508 g/mol. The zero-order valence-electron chi connectivity index (χ0n) is 21.8. The topological polar surface area (TPSA) is 88.2 Å². The molecular weight excluding hydrogens is 468 g/mol. The van der Waals surface area contributed by atoms with Crippen molar-refractivity contribution in [1.82, 2.24) is 30.2 Å². The minimum Gasteiger partial charge on any atom is -0.322 e. The molecule has 9 heteroatoms. The molecule has 37 heavy (non-hydrogen) atoms. The first-order valence-corrected chi connectivity index (χ1v) is 14.2. The first kappa shape index (κ1) is 25.0. The lowest BCUT2D eigenvalue weighted by molar-refractivity contribution is -0.136. The Morgan fingerprint density at radius 3 is 2.24 bits per heavy atom. The molecule has 0 spiro atoms. The second-order valence-electron chi connectivity index (χ2n) is 11.4. The fourth-order valence-corrected chi connectivity index (χ4v) is 7.14. The summed E-state index contributed by atoms with van der Waals surface area (Å²) in [7, 11) is 0. The number of amides is 3. The average molecular weight is 509 g/mol. The Kier molecular flexibility index (Phi) is 7.29. The zero-order valence-corrected chi connectivity index (χ0v) is 21.8. The molecule has 0 bridgehead atoms. The van der Waals surface area contributed by atoms with E-state index in [9.17, 15) is 14.4 Å². The lowest BCUT2D eigenvalue weighted by atomic mass is 9.97. The van der Waals surface area contributed by atoms with E-state index in [1.54, 1.807) is 4.90 Å². The number of rotatable bonds is 5. The summed E-state index contributed by atoms with van der Waals surface area (Å²) in [6.07, 6.45) is 5.82. The van der Waals surface area contributed by atoms with Crippen molar-refractivity contribution in [3.05, 3.63) is 34.9 Å². The van der Waals surface area contributed by atoms with Crippen LogP contribution in [0.3, 0.4) is 0 Å². The van der Waals surface area contributed by atoms with Gasteiger partial charge in [0, 0.05) is 63.3 Å². The summed E-state index contributed by atoms with van der Waals surface area (Å²) in [6.45, 7) is 10.2. The van der Waals surface area contributed by atoms with Gasteiger partial charge in [-0.25, -0.2) is 0 Å². The Hall–Kier alpha value is -2.33. The molecule has 5 aliphatic rings. The number of fused-ring (bicyclic) bond motifs is 1. The molecule has 2 N–H and O–H groups in total.